The summed E-state index contributed by atoms with van der Waals surface area (Å²) in [5, 5.41) is 4.11. The van der Waals surface area contributed by atoms with Crippen LogP contribution in [0.25, 0.3) is 0 Å². The Morgan fingerprint density at radius 2 is 1.69 bits per heavy atom. The number of hydrogen-bond acceptors (Lipinski definition) is 6. The van der Waals surface area contributed by atoms with E-state index in [2.05, 4.69) is 39.7 Å². The molecule has 188 valence electrons. The van der Waals surface area contributed by atoms with Crippen LogP contribution in [0.15, 0.2) is 78.4 Å². The van der Waals surface area contributed by atoms with Crippen LogP contribution in [-0.4, -0.2) is 31.9 Å². The first kappa shape index (κ1) is 27.1. The standard InChI is InChI=1S/C28H29IN2O5/c1-4-14-35-27-23(29)15-21(16-26(27)34-6-3)18-30-31-28(32)22-12-13-24(25(17-22)33-5-2)36-19-20-10-8-7-9-11-20/h4,7-13,15-18H,1,5-6,14,19H2,2-3H3,(H,31,32)/b30-18+. The maximum atomic E-state index is 12.7. The minimum absolute atomic E-state index is 0.368. The van der Waals surface area contributed by atoms with E-state index < -0.39 is 0 Å². The van der Waals surface area contributed by atoms with Crippen molar-refractivity contribution in [3.63, 3.8) is 0 Å². The molecule has 0 aliphatic rings. The second-order valence-corrected chi connectivity index (χ2v) is 8.59. The lowest BCUT2D eigenvalue weighted by atomic mass is 10.2. The van der Waals surface area contributed by atoms with E-state index in [-0.39, 0.29) is 5.91 Å². The highest BCUT2D eigenvalue weighted by molar-refractivity contribution is 14.1. The second kappa shape index (κ2) is 14.1. The van der Waals surface area contributed by atoms with E-state index in [1.807, 2.05) is 56.3 Å². The van der Waals surface area contributed by atoms with Crippen LogP contribution in [0.1, 0.15) is 35.3 Å². The Morgan fingerprint density at radius 1 is 0.944 bits per heavy atom. The first-order valence-corrected chi connectivity index (χ1v) is 12.6. The highest BCUT2D eigenvalue weighted by Crippen LogP contribution is 2.34. The highest BCUT2D eigenvalue weighted by Gasteiger charge is 2.13. The van der Waals surface area contributed by atoms with E-state index in [1.165, 1.54) is 0 Å². The Balaban J connectivity index is 1.69. The lowest BCUT2D eigenvalue weighted by Gasteiger charge is -2.14. The molecule has 0 saturated carbocycles. The van der Waals surface area contributed by atoms with Crippen molar-refractivity contribution in [1.29, 1.82) is 0 Å². The molecule has 0 saturated heterocycles. The third kappa shape index (κ3) is 7.74. The molecule has 8 heteroatoms. The van der Waals surface area contributed by atoms with Crippen molar-refractivity contribution in [2.75, 3.05) is 19.8 Å². The molecule has 0 unspecified atom stereocenters. The summed E-state index contributed by atoms with van der Waals surface area (Å²) in [5.74, 6) is 1.95. The summed E-state index contributed by atoms with van der Waals surface area (Å²) in [6.07, 6.45) is 3.23. The van der Waals surface area contributed by atoms with Gasteiger partial charge < -0.3 is 18.9 Å². The number of nitrogens with one attached hydrogen (secondary N) is 1. The van der Waals surface area contributed by atoms with Crippen molar-refractivity contribution in [3.8, 4) is 23.0 Å². The number of amides is 1. The normalized spacial score (nSPS) is 10.6. The predicted molar refractivity (Wildman–Crippen MR) is 149 cm³/mol. The molecule has 36 heavy (non-hydrogen) atoms. The maximum Gasteiger partial charge on any atom is 0.271 e. The third-order valence-corrected chi connectivity index (χ3v) is 5.60. The zero-order chi connectivity index (χ0) is 25.8. The maximum absolute atomic E-state index is 12.7. The molecular formula is C28H29IN2O5. The number of rotatable bonds is 13. The molecule has 0 aliphatic carbocycles. The number of benzene rings is 3. The summed E-state index contributed by atoms with van der Waals surface area (Å²) >= 11 is 2.18. The van der Waals surface area contributed by atoms with Gasteiger partial charge in [-0.05, 0) is 77.9 Å². The fraction of sp³-hybridized carbons (Fsp3) is 0.214. The van der Waals surface area contributed by atoms with E-state index >= 15 is 0 Å². The zero-order valence-electron chi connectivity index (χ0n) is 20.3. The lowest BCUT2D eigenvalue weighted by Crippen LogP contribution is -2.17. The number of hydrogen-bond donors (Lipinski definition) is 1. The summed E-state index contributed by atoms with van der Waals surface area (Å²) in [7, 11) is 0. The van der Waals surface area contributed by atoms with Crippen molar-refractivity contribution in [2.45, 2.75) is 20.5 Å². The van der Waals surface area contributed by atoms with Crippen LogP contribution >= 0.6 is 22.6 Å². The van der Waals surface area contributed by atoms with Crippen LogP contribution in [0.3, 0.4) is 0 Å². The number of ether oxygens (including phenoxy) is 4. The van der Waals surface area contributed by atoms with Gasteiger partial charge in [0.05, 0.1) is 23.0 Å². The molecule has 3 aromatic carbocycles. The van der Waals surface area contributed by atoms with Gasteiger partial charge in [-0.25, -0.2) is 5.43 Å². The molecule has 0 aromatic heterocycles. The Hall–Kier alpha value is -3.53. The van der Waals surface area contributed by atoms with E-state index in [1.54, 1.807) is 30.5 Å². The van der Waals surface area contributed by atoms with Crippen LogP contribution in [-0.2, 0) is 6.61 Å². The van der Waals surface area contributed by atoms with E-state index in [0.29, 0.717) is 55.0 Å². The number of nitrogens with zero attached hydrogens (tertiary/aromatic N) is 1. The largest absolute Gasteiger partial charge is 0.490 e. The van der Waals surface area contributed by atoms with Crippen LogP contribution in [0.5, 0.6) is 23.0 Å². The summed E-state index contributed by atoms with van der Waals surface area (Å²) in [4.78, 5) is 12.7. The van der Waals surface area contributed by atoms with Crippen molar-refractivity contribution < 1.29 is 23.7 Å². The molecule has 0 atom stereocenters. The smallest absolute Gasteiger partial charge is 0.271 e. The Bertz CT molecular complexity index is 1200. The molecule has 1 amide bonds. The minimum Gasteiger partial charge on any atom is -0.490 e. The van der Waals surface area contributed by atoms with Crippen molar-refractivity contribution in [1.82, 2.24) is 5.43 Å². The van der Waals surface area contributed by atoms with Crippen LogP contribution in [0.2, 0.25) is 0 Å². The van der Waals surface area contributed by atoms with E-state index in [0.717, 1.165) is 14.7 Å². The van der Waals surface area contributed by atoms with Crippen LogP contribution < -0.4 is 24.4 Å². The Morgan fingerprint density at radius 3 is 2.42 bits per heavy atom. The zero-order valence-corrected chi connectivity index (χ0v) is 22.5. The first-order chi connectivity index (χ1) is 17.5. The van der Waals surface area contributed by atoms with Gasteiger partial charge in [-0.15, -0.1) is 0 Å². The highest BCUT2D eigenvalue weighted by atomic mass is 127. The number of carbonyl (C=O) groups is 1. The molecule has 3 rings (SSSR count). The monoisotopic (exact) mass is 600 g/mol. The fourth-order valence-electron chi connectivity index (χ4n) is 3.21. The lowest BCUT2D eigenvalue weighted by molar-refractivity contribution is 0.0954. The minimum atomic E-state index is -0.368. The van der Waals surface area contributed by atoms with E-state index in [4.69, 9.17) is 18.9 Å². The Labute approximate surface area is 225 Å². The molecule has 0 bridgehead atoms. The van der Waals surface area contributed by atoms with Crippen LogP contribution in [0.4, 0.5) is 0 Å². The quantitative estimate of drug-likeness (QED) is 0.113. The summed E-state index contributed by atoms with van der Waals surface area (Å²) in [6, 6.07) is 18.6. The molecule has 0 aliphatic heterocycles. The van der Waals surface area contributed by atoms with Gasteiger partial charge >= 0.3 is 0 Å². The summed E-state index contributed by atoms with van der Waals surface area (Å²) in [5.41, 5.74) is 4.76. The van der Waals surface area contributed by atoms with Gasteiger partial charge in [0.25, 0.3) is 5.91 Å². The van der Waals surface area contributed by atoms with Crippen molar-refractivity contribution in [3.05, 3.63) is 93.6 Å². The second-order valence-electron chi connectivity index (χ2n) is 7.43. The number of hydrazone groups is 1. The average molecular weight is 600 g/mol. The molecule has 3 aromatic rings. The summed E-state index contributed by atoms with van der Waals surface area (Å²) < 4.78 is 23.9. The van der Waals surface area contributed by atoms with Gasteiger partial charge in [-0.3, -0.25) is 4.79 Å². The van der Waals surface area contributed by atoms with Crippen LogP contribution in [0, 0.1) is 3.57 Å². The van der Waals surface area contributed by atoms with Gasteiger partial charge in [0.2, 0.25) is 0 Å². The molecule has 7 nitrogen and oxygen atoms in total. The topological polar surface area (TPSA) is 78.4 Å². The first-order valence-electron chi connectivity index (χ1n) is 11.5. The molecule has 0 heterocycles. The van der Waals surface area contributed by atoms with Gasteiger partial charge in [0, 0.05) is 5.56 Å². The predicted octanol–water partition coefficient (Wildman–Crippen LogP) is 6.00. The van der Waals surface area contributed by atoms with Crippen molar-refractivity contribution >= 4 is 34.7 Å². The van der Waals surface area contributed by atoms with Gasteiger partial charge in [-0.1, -0.05) is 43.0 Å². The SMILES string of the molecule is C=CCOc1c(I)cc(/C=N/NC(=O)c2ccc(OCc3ccccc3)c(OCC)c2)cc1OCC. The number of carbonyl (C=O) groups excluding carboxylic acids is 1. The summed E-state index contributed by atoms with van der Waals surface area (Å²) in [6.45, 7) is 9.17. The van der Waals surface area contributed by atoms with Gasteiger partial charge in [0.15, 0.2) is 23.0 Å². The fourth-order valence-corrected chi connectivity index (χ4v) is 3.99. The van der Waals surface area contributed by atoms with E-state index in [9.17, 15) is 4.79 Å². The molecule has 1 N–H and O–H groups in total. The average Bonchev–Trinajstić information content (AvgIpc) is 2.88. The Kier molecular flexibility index (Phi) is 10.6. The molecule has 0 radical (unpaired) electrons. The van der Waals surface area contributed by atoms with Gasteiger partial charge in [-0.2, -0.15) is 5.10 Å². The third-order valence-electron chi connectivity index (χ3n) is 4.80. The van der Waals surface area contributed by atoms with Crippen molar-refractivity contribution in [2.24, 2.45) is 5.10 Å². The van der Waals surface area contributed by atoms with Gasteiger partial charge in [0.1, 0.15) is 13.2 Å². The number of halogens is 1. The molecular weight excluding hydrogens is 571 g/mol. The molecule has 0 spiro atoms. The molecule has 0 fully saturated rings.